The van der Waals surface area contributed by atoms with Crippen LogP contribution in [-0.2, 0) is 6.42 Å². The summed E-state index contributed by atoms with van der Waals surface area (Å²) < 4.78 is 0. The molecule has 0 radical (unpaired) electrons. The van der Waals surface area contributed by atoms with Crippen LogP contribution in [0.1, 0.15) is 12.5 Å². The van der Waals surface area contributed by atoms with Crippen molar-refractivity contribution in [2.75, 3.05) is 0 Å². The van der Waals surface area contributed by atoms with Crippen molar-refractivity contribution in [3.05, 3.63) is 42.0 Å². The molecule has 17 heavy (non-hydrogen) atoms. The van der Waals surface area contributed by atoms with Crippen molar-refractivity contribution in [3.8, 4) is 5.75 Å². The molecule has 1 heterocycles. The summed E-state index contributed by atoms with van der Waals surface area (Å²) in [4.78, 5) is 9.06. The van der Waals surface area contributed by atoms with Gasteiger partial charge in [-0.15, -0.1) is 0 Å². The molecule has 0 atom stereocenters. The molecule has 2 aromatic carbocycles. The number of para-hydroxylation sites is 2. The van der Waals surface area contributed by atoms with Crippen LogP contribution >= 0.6 is 0 Å². The first-order chi connectivity index (χ1) is 8.29. The number of fused-ring (bicyclic) bond motifs is 2. The lowest BCUT2D eigenvalue weighted by Gasteiger charge is -2.05. The Balaban J connectivity index is 2.48. The Morgan fingerprint density at radius 1 is 0.941 bits per heavy atom. The number of rotatable bonds is 1. The highest BCUT2D eigenvalue weighted by Gasteiger charge is 2.07. The lowest BCUT2D eigenvalue weighted by Crippen LogP contribution is -1.91. The first-order valence-electron chi connectivity index (χ1n) is 5.67. The topological polar surface area (TPSA) is 46.0 Å². The molecular formula is C14H12N2O. The number of benzene rings is 2. The molecule has 1 N–H and O–H groups in total. The van der Waals surface area contributed by atoms with Crippen LogP contribution in [-0.4, -0.2) is 15.1 Å². The Morgan fingerprint density at radius 2 is 1.59 bits per heavy atom. The monoisotopic (exact) mass is 224 g/mol. The molecule has 1 aromatic heterocycles. The number of aromatic nitrogens is 2. The van der Waals surface area contributed by atoms with Crippen molar-refractivity contribution in [1.29, 1.82) is 0 Å². The fourth-order valence-corrected chi connectivity index (χ4v) is 2.05. The zero-order valence-electron chi connectivity index (χ0n) is 9.51. The summed E-state index contributed by atoms with van der Waals surface area (Å²) in [6.45, 7) is 2.10. The minimum absolute atomic E-state index is 0.179. The van der Waals surface area contributed by atoms with Crippen LogP contribution in [0.25, 0.3) is 22.1 Å². The zero-order valence-corrected chi connectivity index (χ0v) is 9.51. The quantitative estimate of drug-likeness (QED) is 0.646. The second kappa shape index (κ2) is 3.70. The minimum atomic E-state index is 0.179. The highest BCUT2D eigenvalue weighted by atomic mass is 16.3. The Hall–Kier alpha value is -2.16. The average molecular weight is 224 g/mol. The molecule has 0 saturated carbocycles. The molecule has 0 amide bonds. The predicted octanol–water partition coefficient (Wildman–Crippen LogP) is 3.05. The maximum absolute atomic E-state index is 9.75. The smallest absolute Gasteiger partial charge is 0.143 e. The third-order valence-corrected chi connectivity index (χ3v) is 2.94. The van der Waals surface area contributed by atoms with Crippen LogP contribution in [0, 0.1) is 0 Å². The number of hydrogen-bond donors (Lipinski definition) is 1. The molecule has 3 aromatic rings. The van der Waals surface area contributed by atoms with E-state index in [0.717, 1.165) is 23.0 Å². The summed E-state index contributed by atoms with van der Waals surface area (Å²) in [7, 11) is 0. The van der Waals surface area contributed by atoms with Gasteiger partial charge in [0.1, 0.15) is 11.3 Å². The molecule has 3 rings (SSSR count). The van der Waals surface area contributed by atoms with E-state index >= 15 is 0 Å². The predicted molar refractivity (Wildman–Crippen MR) is 68.1 cm³/mol. The van der Waals surface area contributed by atoms with Crippen LogP contribution in [0.3, 0.4) is 0 Å². The summed E-state index contributed by atoms with van der Waals surface area (Å²) in [5, 5.41) is 9.75. The molecule has 0 aliphatic heterocycles. The molecule has 84 valence electrons. The number of nitrogens with zero attached hydrogens (tertiary/aromatic N) is 2. The Labute approximate surface area is 98.8 Å². The molecule has 0 aliphatic carbocycles. The number of aromatic hydroxyl groups is 1. The van der Waals surface area contributed by atoms with E-state index in [1.54, 1.807) is 12.1 Å². The Morgan fingerprint density at radius 3 is 2.35 bits per heavy atom. The first-order valence-corrected chi connectivity index (χ1v) is 5.67. The molecule has 0 bridgehead atoms. The van der Waals surface area contributed by atoms with E-state index in [1.807, 2.05) is 18.2 Å². The van der Waals surface area contributed by atoms with Gasteiger partial charge in [0.25, 0.3) is 0 Å². The molecule has 0 fully saturated rings. The van der Waals surface area contributed by atoms with Crippen molar-refractivity contribution < 1.29 is 5.11 Å². The van der Waals surface area contributed by atoms with E-state index in [2.05, 4.69) is 23.0 Å². The molecule has 3 nitrogen and oxygen atoms in total. The van der Waals surface area contributed by atoms with E-state index in [1.165, 1.54) is 5.56 Å². The standard InChI is InChI=1S/C14H12N2O/c1-2-9-5-3-6-10-13(9)15-11-7-4-8-12(17)14(11)16-10/h3-8,17H,2H2,1H3. The van der Waals surface area contributed by atoms with E-state index in [0.29, 0.717) is 5.52 Å². The summed E-state index contributed by atoms with van der Waals surface area (Å²) in [6.07, 6.45) is 0.927. The van der Waals surface area contributed by atoms with Gasteiger partial charge in [-0.25, -0.2) is 9.97 Å². The maximum atomic E-state index is 9.75. The lowest BCUT2D eigenvalue weighted by atomic mass is 10.1. The third kappa shape index (κ3) is 1.51. The van der Waals surface area contributed by atoms with Crippen LogP contribution in [0.4, 0.5) is 0 Å². The molecule has 0 unspecified atom stereocenters. The van der Waals surface area contributed by atoms with E-state index < -0.39 is 0 Å². The van der Waals surface area contributed by atoms with E-state index in [4.69, 9.17) is 0 Å². The number of hydrogen-bond acceptors (Lipinski definition) is 3. The number of phenols is 1. The van der Waals surface area contributed by atoms with Crippen molar-refractivity contribution >= 4 is 22.1 Å². The van der Waals surface area contributed by atoms with E-state index in [-0.39, 0.29) is 5.75 Å². The lowest BCUT2D eigenvalue weighted by molar-refractivity contribution is 0.480. The van der Waals surface area contributed by atoms with Crippen molar-refractivity contribution in [3.63, 3.8) is 0 Å². The van der Waals surface area contributed by atoms with Gasteiger partial charge in [-0.05, 0) is 30.2 Å². The summed E-state index contributed by atoms with van der Waals surface area (Å²) in [6, 6.07) is 11.2. The van der Waals surface area contributed by atoms with Gasteiger partial charge in [-0.2, -0.15) is 0 Å². The van der Waals surface area contributed by atoms with Crippen LogP contribution in [0.5, 0.6) is 5.75 Å². The van der Waals surface area contributed by atoms with Crippen molar-refractivity contribution in [2.24, 2.45) is 0 Å². The van der Waals surface area contributed by atoms with Gasteiger partial charge in [-0.1, -0.05) is 25.1 Å². The second-order valence-corrected chi connectivity index (χ2v) is 4.01. The average Bonchev–Trinajstić information content (AvgIpc) is 2.36. The first kappa shape index (κ1) is 10.0. The SMILES string of the molecule is CCc1cccc2nc3c(O)cccc3nc12. The maximum Gasteiger partial charge on any atom is 0.143 e. The normalized spacial score (nSPS) is 11.1. The number of phenolic OH excluding ortho intramolecular Hbond substituents is 1. The minimum Gasteiger partial charge on any atom is -0.506 e. The summed E-state index contributed by atoms with van der Waals surface area (Å²) >= 11 is 0. The van der Waals surface area contributed by atoms with Gasteiger partial charge in [0, 0.05) is 0 Å². The van der Waals surface area contributed by atoms with Crippen molar-refractivity contribution in [1.82, 2.24) is 9.97 Å². The van der Waals surface area contributed by atoms with Gasteiger partial charge < -0.3 is 5.11 Å². The third-order valence-electron chi connectivity index (χ3n) is 2.94. The second-order valence-electron chi connectivity index (χ2n) is 4.01. The fraction of sp³-hybridized carbons (Fsp3) is 0.143. The Kier molecular flexibility index (Phi) is 2.18. The van der Waals surface area contributed by atoms with Gasteiger partial charge in [0.2, 0.25) is 0 Å². The Bertz CT molecular complexity index is 707. The van der Waals surface area contributed by atoms with Gasteiger partial charge in [0.05, 0.1) is 16.6 Å². The summed E-state index contributed by atoms with van der Waals surface area (Å²) in [5.74, 6) is 0.179. The van der Waals surface area contributed by atoms with Gasteiger partial charge in [-0.3, -0.25) is 0 Å². The molecule has 0 saturated heterocycles. The van der Waals surface area contributed by atoms with Crippen LogP contribution in [0.2, 0.25) is 0 Å². The molecule has 0 aliphatic rings. The van der Waals surface area contributed by atoms with Crippen LogP contribution < -0.4 is 0 Å². The largest absolute Gasteiger partial charge is 0.506 e. The van der Waals surface area contributed by atoms with E-state index in [9.17, 15) is 5.11 Å². The zero-order chi connectivity index (χ0) is 11.8. The molecule has 3 heteroatoms. The highest BCUT2D eigenvalue weighted by Crippen LogP contribution is 2.25. The highest BCUT2D eigenvalue weighted by molar-refractivity contribution is 5.90. The van der Waals surface area contributed by atoms with Crippen LogP contribution in [0.15, 0.2) is 36.4 Å². The van der Waals surface area contributed by atoms with Gasteiger partial charge >= 0.3 is 0 Å². The summed E-state index contributed by atoms with van der Waals surface area (Å²) in [5.41, 5.74) is 4.23. The number of aryl methyl sites for hydroxylation is 1. The fourth-order valence-electron chi connectivity index (χ4n) is 2.05. The molecular weight excluding hydrogens is 212 g/mol. The van der Waals surface area contributed by atoms with Crippen molar-refractivity contribution in [2.45, 2.75) is 13.3 Å². The van der Waals surface area contributed by atoms with Gasteiger partial charge in [0.15, 0.2) is 0 Å². The molecule has 0 spiro atoms.